The number of nitrogen functional groups attached to an aromatic ring is 1. The highest BCUT2D eigenvalue weighted by Gasteiger charge is 2.10. The second-order valence-corrected chi connectivity index (χ2v) is 7.70. The standard InChI is InChI=1S/C27H22N4O/c28-24-15-14-22(20-6-2-1-3-7-20)16-26(24)29-27(32)21-12-10-19(11-13-21)17-31-18-23-8-4-5-9-25(23)30-31/h1-16,18H,17,28H2,(H,29,32). The zero-order valence-electron chi connectivity index (χ0n) is 17.4. The summed E-state index contributed by atoms with van der Waals surface area (Å²) in [4.78, 5) is 12.8. The van der Waals surface area contributed by atoms with Gasteiger partial charge in [-0.05, 0) is 47.0 Å². The van der Waals surface area contributed by atoms with Crippen LogP contribution in [0, 0.1) is 0 Å². The van der Waals surface area contributed by atoms with Crippen LogP contribution in [0.4, 0.5) is 11.4 Å². The topological polar surface area (TPSA) is 72.9 Å². The fourth-order valence-corrected chi connectivity index (χ4v) is 3.71. The third-order valence-corrected chi connectivity index (χ3v) is 5.43. The number of benzene rings is 4. The van der Waals surface area contributed by atoms with Crippen LogP contribution in [0.15, 0.2) is 103 Å². The molecule has 156 valence electrons. The van der Waals surface area contributed by atoms with Crippen LogP contribution in [0.3, 0.4) is 0 Å². The molecule has 0 aliphatic heterocycles. The zero-order valence-corrected chi connectivity index (χ0v) is 17.4. The number of carbonyl (C=O) groups excluding carboxylic acids is 1. The van der Waals surface area contributed by atoms with Gasteiger partial charge in [-0.1, -0.05) is 66.7 Å². The molecule has 1 heterocycles. The Morgan fingerprint density at radius 2 is 1.59 bits per heavy atom. The highest BCUT2D eigenvalue weighted by atomic mass is 16.1. The fraction of sp³-hybridized carbons (Fsp3) is 0.0370. The van der Waals surface area contributed by atoms with Gasteiger partial charge < -0.3 is 11.1 Å². The molecule has 0 spiro atoms. The number of aromatic nitrogens is 2. The lowest BCUT2D eigenvalue weighted by Gasteiger charge is -2.11. The van der Waals surface area contributed by atoms with Gasteiger partial charge in [0.2, 0.25) is 0 Å². The van der Waals surface area contributed by atoms with Crippen molar-refractivity contribution in [3.05, 3.63) is 114 Å². The molecule has 0 saturated heterocycles. The Morgan fingerprint density at radius 3 is 2.38 bits per heavy atom. The second kappa shape index (κ2) is 8.40. The van der Waals surface area contributed by atoms with Gasteiger partial charge in [-0.15, -0.1) is 0 Å². The largest absolute Gasteiger partial charge is 0.397 e. The lowest BCUT2D eigenvalue weighted by molar-refractivity contribution is 0.102. The van der Waals surface area contributed by atoms with Crippen LogP contribution in [0.2, 0.25) is 0 Å². The molecule has 5 aromatic rings. The quantitative estimate of drug-likeness (QED) is 0.366. The highest BCUT2D eigenvalue weighted by Crippen LogP contribution is 2.27. The van der Waals surface area contributed by atoms with Crippen LogP contribution in [-0.4, -0.2) is 15.7 Å². The molecule has 1 amide bonds. The number of anilines is 2. The Bertz CT molecular complexity index is 1360. The van der Waals surface area contributed by atoms with Crippen LogP contribution in [-0.2, 0) is 6.54 Å². The Kier molecular flexibility index (Phi) is 5.14. The normalized spacial score (nSPS) is 10.9. The molecule has 0 bridgehead atoms. The summed E-state index contributed by atoms with van der Waals surface area (Å²) in [7, 11) is 0. The smallest absolute Gasteiger partial charge is 0.255 e. The monoisotopic (exact) mass is 418 g/mol. The lowest BCUT2D eigenvalue weighted by Crippen LogP contribution is -2.13. The van der Waals surface area contributed by atoms with Crippen LogP contribution in [0.25, 0.3) is 22.0 Å². The molecule has 1 aromatic heterocycles. The Hall–Kier alpha value is -4.38. The van der Waals surface area contributed by atoms with Crippen molar-refractivity contribution >= 4 is 28.2 Å². The Labute approximate surface area is 186 Å². The first-order chi connectivity index (χ1) is 15.7. The average molecular weight is 419 g/mol. The van der Waals surface area contributed by atoms with Gasteiger partial charge in [0.1, 0.15) is 0 Å². The van der Waals surface area contributed by atoms with E-state index in [1.807, 2.05) is 108 Å². The van der Waals surface area contributed by atoms with Gasteiger partial charge in [-0.25, -0.2) is 0 Å². The van der Waals surface area contributed by atoms with Crippen molar-refractivity contribution in [2.75, 3.05) is 11.1 Å². The van der Waals surface area contributed by atoms with Crippen molar-refractivity contribution in [1.82, 2.24) is 9.78 Å². The number of carbonyl (C=O) groups is 1. The number of rotatable bonds is 5. The number of nitrogens with one attached hydrogen (secondary N) is 1. The van der Waals surface area contributed by atoms with E-state index < -0.39 is 0 Å². The molecular formula is C27H22N4O. The first-order valence-electron chi connectivity index (χ1n) is 10.4. The summed E-state index contributed by atoms with van der Waals surface area (Å²) in [6.07, 6.45) is 2.03. The fourth-order valence-electron chi connectivity index (χ4n) is 3.71. The molecule has 4 aromatic carbocycles. The molecule has 5 nitrogen and oxygen atoms in total. The van der Waals surface area contributed by atoms with Crippen molar-refractivity contribution < 1.29 is 4.79 Å². The number of amides is 1. The molecule has 0 aliphatic rings. The van der Waals surface area contributed by atoms with E-state index >= 15 is 0 Å². The van der Waals surface area contributed by atoms with Crippen LogP contribution in [0.5, 0.6) is 0 Å². The van der Waals surface area contributed by atoms with Gasteiger partial charge >= 0.3 is 0 Å². The third-order valence-electron chi connectivity index (χ3n) is 5.43. The summed E-state index contributed by atoms with van der Waals surface area (Å²) >= 11 is 0. The lowest BCUT2D eigenvalue weighted by atomic mass is 10.0. The van der Waals surface area contributed by atoms with E-state index in [1.165, 1.54) is 0 Å². The van der Waals surface area contributed by atoms with Gasteiger partial charge in [0.15, 0.2) is 0 Å². The van der Waals surface area contributed by atoms with Gasteiger partial charge in [0, 0.05) is 17.1 Å². The minimum Gasteiger partial charge on any atom is -0.397 e. The highest BCUT2D eigenvalue weighted by molar-refractivity contribution is 6.06. The minimum atomic E-state index is -0.196. The van der Waals surface area contributed by atoms with Crippen LogP contribution >= 0.6 is 0 Å². The number of nitrogens with zero attached hydrogens (tertiary/aromatic N) is 2. The summed E-state index contributed by atoms with van der Waals surface area (Å²) in [6.45, 7) is 0.642. The molecule has 3 N–H and O–H groups in total. The summed E-state index contributed by atoms with van der Waals surface area (Å²) in [6, 6.07) is 31.2. The SMILES string of the molecule is Nc1ccc(-c2ccccc2)cc1NC(=O)c1ccc(Cn2cc3ccccc3n2)cc1. The maximum absolute atomic E-state index is 12.8. The van der Waals surface area contributed by atoms with Crippen molar-refractivity contribution in [2.24, 2.45) is 0 Å². The number of hydrogen-bond acceptors (Lipinski definition) is 3. The van der Waals surface area contributed by atoms with E-state index in [-0.39, 0.29) is 5.91 Å². The first kappa shape index (κ1) is 19.6. The van der Waals surface area contributed by atoms with E-state index in [9.17, 15) is 4.79 Å². The second-order valence-electron chi connectivity index (χ2n) is 7.70. The predicted octanol–water partition coefficient (Wildman–Crippen LogP) is 5.59. The molecule has 0 atom stereocenters. The average Bonchev–Trinajstić information content (AvgIpc) is 3.24. The van der Waals surface area contributed by atoms with Crippen LogP contribution in [0.1, 0.15) is 15.9 Å². The van der Waals surface area contributed by atoms with Crippen LogP contribution < -0.4 is 11.1 Å². The van der Waals surface area contributed by atoms with Gasteiger partial charge in [-0.3, -0.25) is 9.48 Å². The molecular weight excluding hydrogens is 396 g/mol. The summed E-state index contributed by atoms with van der Waals surface area (Å²) in [5, 5.41) is 8.64. The van der Waals surface area contributed by atoms with E-state index in [4.69, 9.17) is 5.73 Å². The summed E-state index contributed by atoms with van der Waals surface area (Å²) in [5.41, 5.74) is 11.9. The Balaban J connectivity index is 1.31. The van der Waals surface area contributed by atoms with Crippen molar-refractivity contribution in [3.63, 3.8) is 0 Å². The number of nitrogens with two attached hydrogens (primary N) is 1. The molecule has 0 aliphatic carbocycles. The molecule has 0 radical (unpaired) electrons. The molecule has 0 saturated carbocycles. The third kappa shape index (κ3) is 4.09. The minimum absolute atomic E-state index is 0.196. The predicted molar refractivity (Wildman–Crippen MR) is 130 cm³/mol. The Morgan fingerprint density at radius 1 is 0.844 bits per heavy atom. The molecule has 5 heteroatoms. The van der Waals surface area contributed by atoms with E-state index in [0.717, 1.165) is 27.6 Å². The number of hydrogen-bond donors (Lipinski definition) is 2. The van der Waals surface area contributed by atoms with Gasteiger partial charge in [-0.2, -0.15) is 5.10 Å². The van der Waals surface area contributed by atoms with Gasteiger partial charge in [0.05, 0.1) is 23.4 Å². The maximum atomic E-state index is 12.8. The van der Waals surface area contributed by atoms with Gasteiger partial charge in [0.25, 0.3) is 5.91 Å². The zero-order chi connectivity index (χ0) is 21.9. The molecule has 0 fully saturated rings. The van der Waals surface area contributed by atoms with E-state index in [2.05, 4.69) is 10.4 Å². The maximum Gasteiger partial charge on any atom is 0.255 e. The van der Waals surface area contributed by atoms with Crippen molar-refractivity contribution in [3.8, 4) is 11.1 Å². The molecule has 5 rings (SSSR count). The molecule has 32 heavy (non-hydrogen) atoms. The number of fused-ring (bicyclic) bond motifs is 1. The van der Waals surface area contributed by atoms with E-state index in [0.29, 0.717) is 23.5 Å². The summed E-state index contributed by atoms with van der Waals surface area (Å²) < 4.78 is 1.91. The van der Waals surface area contributed by atoms with Crippen molar-refractivity contribution in [2.45, 2.75) is 6.54 Å². The van der Waals surface area contributed by atoms with E-state index in [1.54, 1.807) is 0 Å². The summed E-state index contributed by atoms with van der Waals surface area (Å²) in [5.74, 6) is -0.196. The van der Waals surface area contributed by atoms with Crippen molar-refractivity contribution in [1.29, 1.82) is 0 Å². The molecule has 0 unspecified atom stereocenters. The first-order valence-corrected chi connectivity index (χ1v) is 10.4.